The van der Waals surface area contributed by atoms with Crippen molar-refractivity contribution >= 4 is 5.97 Å². The molecule has 0 N–H and O–H groups in total. The first kappa shape index (κ1) is 10.7. The minimum atomic E-state index is -0.303. The van der Waals surface area contributed by atoms with Gasteiger partial charge in [0.25, 0.3) is 0 Å². The number of rotatable bonds is 3. The monoisotopic (exact) mass is 194 g/mol. The average molecular weight is 194 g/mol. The molecule has 0 radical (unpaired) electrons. The van der Waals surface area contributed by atoms with Crippen molar-refractivity contribution in [2.45, 2.75) is 13.0 Å². The number of methoxy groups -OCH3 is 1. The van der Waals surface area contributed by atoms with Crippen molar-refractivity contribution in [3.05, 3.63) is 36.0 Å². The molecule has 0 saturated heterocycles. The standard InChI is InChI=1S/C11H14O3/c1-3-9-6-7-11(12)14-10(9)5-4-8-13-2/h3-7,10H,8H2,1-2H3/b5-4?,9-3-. The molecule has 0 aromatic carbocycles. The van der Waals surface area contributed by atoms with E-state index in [0.29, 0.717) is 6.61 Å². The third-order valence-corrected chi connectivity index (χ3v) is 1.89. The Morgan fingerprint density at radius 3 is 3.00 bits per heavy atom. The molecule has 1 atom stereocenters. The maximum Gasteiger partial charge on any atom is 0.331 e. The zero-order valence-electron chi connectivity index (χ0n) is 8.40. The SMILES string of the molecule is C/C=C1/C=CC(=O)OC1C=CCOC. The summed E-state index contributed by atoms with van der Waals surface area (Å²) in [6.07, 6.45) is 8.50. The van der Waals surface area contributed by atoms with E-state index in [9.17, 15) is 4.79 Å². The first-order valence-electron chi connectivity index (χ1n) is 4.48. The number of hydrogen-bond donors (Lipinski definition) is 0. The highest BCUT2D eigenvalue weighted by atomic mass is 16.5. The van der Waals surface area contributed by atoms with E-state index in [-0.39, 0.29) is 12.1 Å². The lowest BCUT2D eigenvalue weighted by atomic mass is 10.1. The average Bonchev–Trinajstić information content (AvgIpc) is 2.19. The Kier molecular flexibility index (Phi) is 4.13. The highest BCUT2D eigenvalue weighted by Gasteiger charge is 2.16. The van der Waals surface area contributed by atoms with Crippen LogP contribution >= 0.6 is 0 Å². The molecule has 0 aliphatic carbocycles. The predicted molar refractivity (Wildman–Crippen MR) is 53.8 cm³/mol. The third kappa shape index (κ3) is 2.85. The quantitative estimate of drug-likeness (QED) is 0.506. The highest BCUT2D eigenvalue weighted by molar-refractivity contribution is 5.84. The smallest absolute Gasteiger partial charge is 0.331 e. The Morgan fingerprint density at radius 2 is 2.36 bits per heavy atom. The third-order valence-electron chi connectivity index (χ3n) is 1.89. The van der Waals surface area contributed by atoms with Gasteiger partial charge in [-0.2, -0.15) is 0 Å². The van der Waals surface area contributed by atoms with Gasteiger partial charge in [0.15, 0.2) is 0 Å². The van der Waals surface area contributed by atoms with Gasteiger partial charge in [-0.15, -0.1) is 0 Å². The van der Waals surface area contributed by atoms with Crippen LogP contribution in [0.3, 0.4) is 0 Å². The van der Waals surface area contributed by atoms with Crippen LogP contribution in [-0.2, 0) is 14.3 Å². The van der Waals surface area contributed by atoms with Gasteiger partial charge in [0.1, 0.15) is 6.10 Å². The molecule has 1 heterocycles. The topological polar surface area (TPSA) is 35.5 Å². The molecule has 76 valence electrons. The maximum atomic E-state index is 11.0. The zero-order valence-corrected chi connectivity index (χ0v) is 8.40. The molecular formula is C11H14O3. The van der Waals surface area contributed by atoms with Crippen molar-refractivity contribution in [1.29, 1.82) is 0 Å². The van der Waals surface area contributed by atoms with Gasteiger partial charge in [-0.3, -0.25) is 0 Å². The van der Waals surface area contributed by atoms with Gasteiger partial charge in [-0.1, -0.05) is 12.2 Å². The Labute approximate surface area is 83.7 Å². The van der Waals surface area contributed by atoms with Crippen LogP contribution in [0.4, 0.5) is 0 Å². The fourth-order valence-corrected chi connectivity index (χ4v) is 1.18. The largest absolute Gasteiger partial charge is 0.450 e. The van der Waals surface area contributed by atoms with E-state index < -0.39 is 0 Å². The maximum absolute atomic E-state index is 11.0. The van der Waals surface area contributed by atoms with Crippen LogP contribution in [0.15, 0.2) is 36.0 Å². The van der Waals surface area contributed by atoms with Crippen LogP contribution in [0.25, 0.3) is 0 Å². The molecule has 1 rings (SSSR count). The van der Waals surface area contributed by atoms with E-state index in [1.807, 2.05) is 25.2 Å². The first-order valence-corrected chi connectivity index (χ1v) is 4.48. The van der Waals surface area contributed by atoms with E-state index in [2.05, 4.69) is 0 Å². The van der Waals surface area contributed by atoms with E-state index in [0.717, 1.165) is 5.57 Å². The van der Waals surface area contributed by atoms with Crippen molar-refractivity contribution < 1.29 is 14.3 Å². The summed E-state index contributed by atoms with van der Waals surface area (Å²) >= 11 is 0. The molecule has 1 unspecified atom stereocenters. The van der Waals surface area contributed by atoms with Crippen molar-refractivity contribution in [2.75, 3.05) is 13.7 Å². The van der Waals surface area contributed by atoms with Crippen LogP contribution in [0.5, 0.6) is 0 Å². The second kappa shape index (κ2) is 5.40. The first-order chi connectivity index (χ1) is 6.77. The minimum Gasteiger partial charge on any atom is -0.450 e. The van der Waals surface area contributed by atoms with Gasteiger partial charge in [-0.05, 0) is 24.6 Å². The summed E-state index contributed by atoms with van der Waals surface area (Å²) < 4.78 is 9.96. The molecule has 1 aliphatic heterocycles. The second-order valence-electron chi connectivity index (χ2n) is 2.86. The molecule has 0 fully saturated rings. The number of allylic oxidation sites excluding steroid dienone is 1. The molecule has 1 aliphatic rings. The molecule has 0 aromatic heterocycles. The normalized spacial score (nSPS) is 24.6. The van der Waals surface area contributed by atoms with Crippen molar-refractivity contribution in [2.24, 2.45) is 0 Å². The van der Waals surface area contributed by atoms with E-state index in [4.69, 9.17) is 9.47 Å². The molecule has 0 saturated carbocycles. The zero-order chi connectivity index (χ0) is 10.4. The minimum absolute atomic E-state index is 0.271. The fourth-order valence-electron chi connectivity index (χ4n) is 1.18. The van der Waals surface area contributed by atoms with Gasteiger partial charge in [0.2, 0.25) is 0 Å². The lowest BCUT2D eigenvalue weighted by Gasteiger charge is -2.18. The van der Waals surface area contributed by atoms with Gasteiger partial charge in [-0.25, -0.2) is 4.79 Å². The van der Waals surface area contributed by atoms with Crippen LogP contribution in [-0.4, -0.2) is 25.8 Å². The molecule has 3 nitrogen and oxygen atoms in total. The Balaban J connectivity index is 2.67. The summed E-state index contributed by atoms with van der Waals surface area (Å²) in [6.45, 7) is 2.44. The number of carbonyl (C=O) groups excluding carboxylic acids is 1. The van der Waals surface area contributed by atoms with Crippen LogP contribution in [0, 0.1) is 0 Å². The van der Waals surface area contributed by atoms with E-state index in [1.54, 1.807) is 13.2 Å². The molecule has 3 heteroatoms. The summed E-state index contributed by atoms with van der Waals surface area (Å²) in [5.41, 5.74) is 0.983. The summed E-state index contributed by atoms with van der Waals surface area (Å²) in [6, 6.07) is 0. The van der Waals surface area contributed by atoms with Gasteiger partial charge in [0, 0.05) is 13.2 Å². The molecule has 0 aromatic rings. The summed E-state index contributed by atoms with van der Waals surface area (Å²) in [5.74, 6) is -0.303. The number of hydrogen-bond acceptors (Lipinski definition) is 3. The van der Waals surface area contributed by atoms with Gasteiger partial charge in [0.05, 0.1) is 6.61 Å². The summed E-state index contributed by atoms with van der Waals surface area (Å²) in [7, 11) is 1.62. The number of carbonyl (C=O) groups is 1. The van der Waals surface area contributed by atoms with Crippen molar-refractivity contribution in [1.82, 2.24) is 0 Å². The van der Waals surface area contributed by atoms with Crippen molar-refractivity contribution in [3.63, 3.8) is 0 Å². The van der Waals surface area contributed by atoms with Crippen molar-refractivity contribution in [3.8, 4) is 0 Å². The van der Waals surface area contributed by atoms with Gasteiger partial charge >= 0.3 is 5.97 Å². The van der Waals surface area contributed by atoms with Crippen LogP contribution < -0.4 is 0 Å². The molecule has 0 amide bonds. The lowest BCUT2D eigenvalue weighted by molar-refractivity contribution is -0.140. The molecule has 0 spiro atoms. The lowest BCUT2D eigenvalue weighted by Crippen LogP contribution is -2.20. The Bertz CT molecular complexity index is 287. The van der Waals surface area contributed by atoms with E-state index in [1.165, 1.54) is 6.08 Å². The number of ether oxygens (including phenoxy) is 2. The fraction of sp³-hybridized carbons (Fsp3) is 0.364. The van der Waals surface area contributed by atoms with Crippen LogP contribution in [0.2, 0.25) is 0 Å². The Hall–Kier alpha value is -1.35. The summed E-state index contributed by atoms with van der Waals surface area (Å²) in [4.78, 5) is 11.0. The molecule has 0 bridgehead atoms. The number of cyclic esters (lactones) is 1. The number of esters is 1. The highest BCUT2D eigenvalue weighted by Crippen LogP contribution is 2.15. The predicted octanol–water partition coefficient (Wildman–Crippen LogP) is 1.62. The Morgan fingerprint density at radius 1 is 1.57 bits per heavy atom. The second-order valence-corrected chi connectivity index (χ2v) is 2.86. The molecular weight excluding hydrogens is 180 g/mol. The van der Waals surface area contributed by atoms with Crippen LogP contribution in [0.1, 0.15) is 6.92 Å². The summed E-state index contributed by atoms with van der Waals surface area (Å²) in [5, 5.41) is 0. The molecule has 14 heavy (non-hydrogen) atoms. The van der Waals surface area contributed by atoms with Gasteiger partial charge < -0.3 is 9.47 Å². The van der Waals surface area contributed by atoms with E-state index >= 15 is 0 Å².